The van der Waals surface area contributed by atoms with Crippen molar-refractivity contribution in [1.29, 1.82) is 0 Å². The van der Waals surface area contributed by atoms with E-state index in [1.54, 1.807) is 12.1 Å². The second-order valence-corrected chi connectivity index (χ2v) is 6.33. The number of benzene rings is 1. The van der Waals surface area contributed by atoms with Crippen LogP contribution in [0.2, 0.25) is 0 Å². The number of aryl methyl sites for hydroxylation is 1. The van der Waals surface area contributed by atoms with Crippen molar-refractivity contribution in [2.24, 2.45) is 0 Å². The lowest BCUT2D eigenvalue weighted by Gasteiger charge is -2.46. The van der Waals surface area contributed by atoms with E-state index >= 15 is 0 Å². The van der Waals surface area contributed by atoms with Crippen molar-refractivity contribution in [1.82, 2.24) is 10.2 Å². The van der Waals surface area contributed by atoms with Crippen molar-refractivity contribution in [3.8, 4) is 0 Å². The maximum absolute atomic E-state index is 13.2. The Hall–Kier alpha value is -0.930. The van der Waals surface area contributed by atoms with E-state index in [1.807, 2.05) is 13.0 Å². The molecule has 1 N–H and O–H groups in total. The fraction of sp³-hybridized carbons (Fsp3) is 0.647. The van der Waals surface area contributed by atoms with Crippen molar-refractivity contribution >= 4 is 0 Å². The van der Waals surface area contributed by atoms with Gasteiger partial charge in [0, 0.05) is 31.2 Å². The first-order chi connectivity index (χ1) is 9.47. The van der Waals surface area contributed by atoms with Gasteiger partial charge in [0.15, 0.2) is 0 Å². The summed E-state index contributed by atoms with van der Waals surface area (Å²) in [5.41, 5.74) is 2.49. The SMILES string of the molecule is CCC1CNC(C)(CC)CN1Cc1ccc(F)cc1C. The van der Waals surface area contributed by atoms with Crippen LogP contribution in [0.1, 0.15) is 44.7 Å². The summed E-state index contributed by atoms with van der Waals surface area (Å²) < 4.78 is 13.2. The van der Waals surface area contributed by atoms with Crippen LogP contribution in [-0.4, -0.2) is 29.6 Å². The lowest BCUT2D eigenvalue weighted by molar-refractivity contribution is 0.0753. The highest BCUT2D eigenvalue weighted by molar-refractivity contribution is 5.26. The Morgan fingerprint density at radius 3 is 2.75 bits per heavy atom. The van der Waals surface area contributed by atoms with Crippen molar-refractivity contribution in [2.75, 3.05) is 13.1 Å². The molecule has 0 spiro atoms. The van der Waals surface area contributed by atoms with Crippen LogP contribution >= 0.6 is 0 Å². The van der Waals surface area contributed by atoms with Gasteiger partial charge in [-0.25, -0.2) is 4.39 Å². The topological polar surface area (TPSA) is 15.3 Å². The van der Waals surface area contributed by atoms with Crippen molar-refractivity contribution in [2.45, 2.75) is 58.7 Å². The monoisotopic (exact) mass is 278 g/mol. The highest BCUT2D eigenvalue weighted by atomic mass is 19.1. The number of nitrogens with one attached hydrogen (secondary N) is 1. The minimum atomic E-state index is -0.142. The molecule has 0 aliphatic carbocycles. The van der Waals surface area contributed by atoms with E-state index in [0.29, 0.717) is 6.04 Å². The molecular weight excluding hydrogens is 251 g/mol. The number of rotatable bonds is 4. The third kappa shape index (κ3) is 3.39. The second kappa shape index (κ2) is 6.23. The van der Waals surface area contributed by atoms with Crippen molar-refractivity contribution in [3.05, 3.63) is 35.1 Å². The highest BCUT2D eigenvalue weighted by Crippen LogP contribution is 2.23. The summed E-state index contributed by atoms with van der Waals surface area (Å²) in [6.45, 7) is 11.8. The average molecular weight is 278 g/mol. The largest absolute Gasteiger partial charge is 0.309 e. The third-order valence-electron chi connectivity index (χ3n) is 4.76. The van der Waals surface area contributed by atoms with Gasteiger partial charge in [-0.1, -0.05) is 19.9 Å². The van der Waals surface area contributed by atoms with Crippen LogP contribution in [0.3, 0.4) is 0 Å². The van der Waals surface area contributed by atoms with E-state index in [4.69, 9.17) is 0 Å². The number of nitrogens with zero attached hydrogens (tertiary/aromatic N) is 1. The Labute approximate surface area is 122 Å². The van der Waals surface area contributed by atoms with Gasteiger partial charge in [0.05, 0.1) is 0 Å². The van der Waals surface area contributed by atoms with Crippen molar-refractivity contribution < 1.29 is 4.39 Å². The van der Waals surface area contributed by atoms with Crippen LogP contribution in [0.15, 0.2) is 18.2 Å². The molecule has 0 radical (unpaired) electrons. The zero-order valence-electron chi connectivity index (χ0n) is 13.2. The van der Waals surface area contributed by atoms with Gasteiger partial charge in [-0.05, 0) is 49.9 Å². The zero-order chi connectivity index (χ0) is 14.8. The van der Waals surface area contributed by atoms with Crippen LogP contribution in [0.25, 0.3) is 0 Å². The van der Waals surface area contributed by atoms with Gasteiger partial charge in [0.1, 0.15) is 5.82 Å². The summed E-state index contributed by atoms with van der Waals surface area (Å²) in [6.07, 6.45) is 2.27. The van der Waals surface area contributed by atoms with Gasteiger partial charge in [0.25, 0.3) is 0 Å². The molecule has 0 saturated carbocycles. The van der Waals surface area contributed by atoms with Gasteiger partial charge in [-0.3, -0.25) is 4.90 Å². The highest BCUT2D eigenvalue weighted by Gasteiger charge is 2.33. The molecule has 1 aromatic rings. The first-order valence-corrected chi connectivity index (χ1v) is 7.71. The molecule has 2 rings (SSSR count). The predicted octanol–water partition coefficient (Wildman–Crippen LogP) is 3.49. The van der Waals surface area contributed by atoms with Crippen LogP contribution in [0, 0.1) is 12.7 Å². The molecule has 2 unspecified atom stereocenters. The van der Waals surface area contributed by atoms with E-state index in [2.05, 4.69) is 31.0 Å². The van der Waals surface area contributed by atoms with E-state index in [1.165, 1.54) is 5.56 Å². The summed E-state index contributed by atoms with van der Waals surface area (Å²) in [5, 5.41) is 3.68. The molecule has 0 bridgehead atoms. The van der Waals surface area contributed by atoms with E-state index in [0.717, 1.165) is 38.0 Å². The molecule has 1 saturated heterocycles. The zero-order valence-corrected chi connectivity index (χ0v) is 13.2. The number of halogens is 1. The van der Waals surface area contributed by atoms with Crippen LogP contribution in [0.5, 0.6) is 0 Å². The quantitative estimate of drug-likeness (QED) is 0.907. The van der Waals surface area contributed by atoms with Crippen LogP contribution in [-0.2, 0) is 6.54 Å². The molecule has 1 aliphatic heterocycles. The van der Waals surface area contributed by atoms with E-state index < -0.39 is 0 Å². The molecule has 1 heterocycles. The predicted molar refractivity (Wildman–Crippen MR) is 82.3 cm³/mol. The smallest absolute Gasteiger partial charge is 0.123 e. The molecular formula is C17H27FN2. The van der Waals surface area contributed by atoms with Crippen LogP contribution < -0.4 is 5.32 Å². The maximum Gasteiger partial charge on any atom is 0.123 e. The Balaban J connectivity index is 2.15. The normalized spacial score (nSPS) is 27.8. The molecule has 20 heavy (non-hydrogen) atoms. The van der Waals surface area contributed by atoms with Crippen molar-refractivity contribution in [3.63, 3.8) is 0 Å². The Kier molecular flexibility index (Phi) is 4.82. The molecule has 1 aliphatic rings. The summed E-state index contributed by atoms with van der Waals surface area (Å²) in [4.78, 5) is 2.56. The van der Waals surface area contributed by atoms with Gasteiger partial charge in [-0.15, -0.1) is 0 Å². The average Bonchev–Trinajstić information content (AvgIpc) is 2.42. The minimum Gasteiger partial charge on any atom is -0.309 e. The van der Waals surface area contributed by atoms with Gasteiger partial charge in [-0.2, -0.15) is 0 Å². The third-order valence-corrected chi connectivity index (χ3v) is 4.76. The molecule has 0 amide bonds. The molecule has 1 aromatic carbocycles. The van der Waals surface area contributed by atoms with Crippen LogP contribution in [0.4, 0.5) is 4.39 Å². The number of hydrogen-bond acceptors (Lipinski definition) is 2. The molecule has 0 aromatic heterocycles. The van der Waals surface area contributed by atoms with E-state index in [9.17, 15) is 4.39 Å². The summed E-state index contributed by atoms with van der Waals surface area (Å²) in [7, 11) is 0. The molecule has 2 atom stereocenters. The molecule has 2 nitrogen and oxygen atoms in total. The Morgan fingerprint density at radius 2 is 2.15 bits per heavy atom. The summed E-state index contributed by atoms with van der Waals surface area (Å²) >= 11 is 0. The second-order valence-electron chi connectivity index (χ2n) is 6.33. The number of hydrogen-bond donors (Lipinski definition) is 1. The molecule has 1 fully saturated rings. The lowest BCUT2D eigenvalue weighted by Crippen LogP contribution is -2.62. The lowest BCUT2D eigenvalue weighted by atomic mass is 9.92. The first kappa shape index (κ1) is 15.5. The van der Waals surface area contributed by atoms with Gasteiger partial charge >= 0.3 is 0 Å². The standard InChI is InChI=1S/C17H27FN2/c1-5-16-10-19-17(4,6-2)12-20(16)11-14-7-8-15(18)9-13(14)3/h7-9,16,19H,5-6,10-12H2,1-4H3. The Morgan fingerprint density at radius 1 is 1.40 bits per heavy atom. The van der Waals surface area contributed by atoms with Gasteiger partial charge in [0.2, 0.25) is 0 Å². The Bertz CT molecular complexity index is 460. The fourth-order valence-electron chi connectivity index (χ4n) is 3.01. The minimum absolute atomic E-state index is 0.142. The molecule has 112 valence electrons. The fourth-order valence-corrected chi connectivity index (χ4v) is 3.01. The maximum atomic E-state index is 13.2. The van der Waals surface area contributed by atoms with Gasteiger partial charge < -0.3 is 5.32 Å². The summed E-state index contributed by atoms with van der Waals surface area (Å²) in [5.74, 6) is -0.142. The molecule has 3 heteroatoms. The first-order valence-electron chi connectivity index (χ1n) is 7.71. The van der Waals surface area contributed by atoms with E-state index in [-0.39, 0.29) is 11.4 Å². The number of piperazine rings is 1. The summed E-state index contributed by atoms with van der Waals surface area (Å²) in [6, 6.07) is 5.71.